The molecule has 0 fully saturated rings. The zero-order valence-corrected chi connectivity index (χ0v) is 17.1. The molecule has 0 spiro atoms. The highest BCUT2D eigenvalue weighted by Gasteiger charge is 2.24. The number of hydrogen-bond acceptors (Lipinski definition) is 4. The van der Waals surface area contributed by atoms with E-state index in [0.717, 1.165) is 5.69 Å². The second-order valence-electron chi connectivity index (χ2n) is 7.61. The first-order chi connectivity index (χ1) is 13.7. The Balaban J connectivity index is 1.95. The minimum Gasteiger partial charge on any atom is -0.309 e. The SMILES string of the molecule is CC(C)(C)c1cc(NC(=O)C(Cl)c2ccccc2)n(-c2ccc([N+](=O)[O-])cc2)n1. The number of carbonyl (C=O) groups is 1. The van der Waals surface area contributed by atoms with Gasteiger partial charge in [-0.2, -0.15) is 5.10 Å². The van der Waals surface area contributed by atoms with Crippen molar-refractivity contribution < 1.29 is 9.72 Å². The molecule has 1 N–H and O–H groups in total. The van der Waals surface area contributed by atoms with Crippen molar-refractivity contribution >= 4 is 29.0 Å². The first kappa shape index (κ1) is 20.5. The Labute approximate surface area is 173 Å². The van der Waals surface area contributed by atoms with Crippen molar-refractivity contribution in [1.82, 2.24) is 9.78 Å². The third kappa shape index (κ3) is 4.63. The summed E-state index contributed by atoms with van der Waals surface area (Å²) in [6, 6.07) is 16.8. The summed E-state index contributed by atoms with van der Waals surface area (Å²) in [4.78, 5) is 23.2. The Morgan fingerprint density at radius 2 is 1.76 bits per heavy atom. The summed E-state index contributed by atoms with van der Waals surface area (Å²) in [5, 5.41) is 17.5. The van der Waals surface area contributed by atoms with Crippen LogP contribution in [0.4, 0.5) is 11.5 Å². The lowest BCUT2D eigenvalue weighted by atomic mass is 9.92. The van der Waals surface area contributed by atoms with Gasteiger partial charge in [-0.3, -0.25) is 14.9 Å². The van der Waals surface area contributed by atoms with Crippen LogP contribution in [-0.2, 0) is 10.2 Å². The van der Waals surface area contributed by atoms with Crippen LogP contribution in [0.15, 0.2) is 60.7 Å². The molecule has 2 aromatic carbocycles. The highest BCUT2D eigenvalue weighted by Crippen LogP contribution is 2.29. The van der Waals surface area contributed by atoms with E-state index in [0.29, 0.717) is 17.1 Å². The molecule has 0 saturated carbocycles. The summed E-state index contributed by atoms with van der Waals surface area (Å²) in [5.41, 5.74) is 1.76. The van der Waals surface area contributed by atoms with Crippen LogP contribution in [0, 0.1) is 10.1 Å². The van der Waals surface area contributed by atoms with E-state index >= 15 is 0 Å². The summed E-state index contributed by atoms with van der Waals surface area (Å²) in [6.07, 6.45) is 0. The molecular weight excluding hydrogens is 392 g/mol. The summed E-state index contributed by atoms with van der Waals surface area (Å²) in [6.45, 7) is 6.03. The molecule has 29 heavy (non-hydrogen) atoms. The molecule has 1 aromatic heterocycles. The molecule has 0 aliphatic rings. The van der Waals surface area contributed by atoms with E-state index in [2.05, 4.69) is 10.4 Å². The standard InChI is InChI=1S/C21H21ClN4O3/c1-21(2,3)17-13-18(23-20(27)19(22)14-7-5-4-6-8-14)25(24-17)15-9-11-16(12-10-15)26(28)29/h4-13,19H,1-3H3,(H,23,27). The van der Waals surface area contributed by atoms with Crippen LogP contribution in [0.3, 0.4) is 0 Å². The second-order valence-corrected chi connectivity index (χ2v) is 8.05. The molecule has 1 unspecified atom stereocenters. The zero-order chi connectivity index (χ0) is 21.2. The predicted octanol–water partition coefficient (Wildman–Crippen LogP) is 5.00. The Kier molecular flexibility index (Phi) is 5.70. The highest BCUT2D eigenvalue weighted by atomic mass is 35.5. The van der Waals surface area contributed by atoms with Gasteiger partial charge in [-0.15, -0.1) is 11.6 Å². The van der Waals surface area contributed by atoms with Crippen molar-refractivity contribution in [3.63, 3.8) is 0 Å². The number of amides is 1. The number of nitrogens with one attached hydrogen (secondary N) is 1. The van der Waals surface area contributed by atoms with Crippen molar-refractivity contribution in [3.8, 4) is 5.69 Å². The smallest absolute Gasteiger partial charge is 0.269 e. The number of nitrogens with zero attached hydrogens (tertiary/aromatic N) is 3. The van der Waals surface area contributed by atoms with Crippen molar-refractivity contribution in [1.29, 1.82) is 0 Å². The molecular formula is C21H21ClN4O3. The first-order valence-corrected chi connectivity index (χ1v) is 9.46. The number of nitro benzene ring substituents is 1. The molecule has 3 aromatic rings. The van der Waals surface area contributed by atoms with Gasteiger partial charge < -0.3 is 5.32 Å². The van der Waals surface area contributed by atoms with E-state index in [-0.39, 0.29) is 17.0 Å². The maximum absolute atomic E-state index is 12.7. The summed E-state index contributed by atoms with van der Waals surface area (Å²) >= 11 is 6.34. The Hall–Kier alpha value is -3.19. The normalized spacial score (nSPS) is 12.4. The Morgan fingerprint density at radius 3 is 2.31 bits per heavy atom. The van der Waals surface area contributed by atoms with Gasteiger partial charge in [0.1, 0.15) is 11.2 Å². The third-order valence-electron chi connectivity index (χ3n) is 4.36. The minimum absolute atomic E-state index is 0.0209. The summed E-state index contributed by atoms with van der Waals surface area (Å²) in [5.74, 6) is 0.0525. The molecule has 0 aliphatic carbocycles. The van der Waals surface area contributed by atoms with E-state index in [1.54, 1.807) is 35.0 Å². The number of rotatable bonds is 5. The quantitative estimate of drug-likeness (QED) is 0.363. The first-order valence-electron chi connectivity index (χ1n) is 9.02. The van der Waals surface area contributed by atoms with Gasteiger partial charge in [0.2, 0.25) is 5.91 Å². The fraction of sp³-hybridized carbons (Fsp3) is 0.238. The topological polar surface area (TPSA) is 90.1 Å². The van der Waals surface area contributed by atoms with Gasteiger partial charge in [-0.05, 0) is 17.7 Å². The maximum Gasteiger partial charge on any atom is 0.269 e. The minimum atomic E-state index is -0.866. The van der Waals surface area contributed by atoms with Crippen molar-refractivity contribution in [3.05, 3.63) is 82.0 Å². The number of nitro groups is 1. The average Bonchev–Trinajstić information content (AvgIpc) is 3.12. The summed E-state index contributed by atoms with van der Waals surface area (Å²) in [7, 11) is 0. The second kappa shape index (κ2) is 8.05. The lowest BCUT2D eigenvalue weighted by Crippen LogP contribution is -2.19. The van der Waals surface area contributed by atoms with Gasteiger partial charge in [0.15, 0.2) is 0 Å². The number of anilines is 1. The molecule has 150 valence electrons. The fourth-order valence-corrected chi connectivity index (χ4v) is 2.91. The van der Waals surface area contributed by atoms with Gasteiger partial charge >= 0.3 is 0 Å². The number of aromatic nitrogens is 2. The van der Waals surface area contributed by atoms with E-state index in [1.807, 2.05) is 39.0 Å². The van der Waals surface area contributed by atoms with Crippen molar-refractivity contribution in [2.45, 2.75) is 31.6 Å². The van der Waals surface area contributed by atoms with Crippen molar-refractivity contribution in [2.75, 3.05) is 5.32 Å². The number of halogens is 1. The highest BCUT2D eigenvalue weighted by molar-refractivity contribution is 6.32. The van der Waals surface area contributed by atoms with Crippen LogP contribution in [-0.4, -0.2) is 20.6 Å². The predicted molar refractivity (Wildman–Crippen MR) is 113 cm³/mol. The van der Waals surface area contributed by atoms with Gasteiger partial charge in [0.05, 0.1) is 16.3 Å². The molecule has 7 nitrogen and oxygen atoms in total. The van der Waals surface area contributed by atoms with Gasteiger partial charge in [0, 0.05) is 23.6 Å². The van der Waals surface area contributed by atoms with E-state index in [1.165, 1.54) is 12.1 Å². The Bertz CT molecular complexity index is 1020. The molecule has 0 aliphatic heterocycles. The van der Waals surface area contributed by atoms with E-state index < -0.39 is 10.3 Å². The number of alkyl halides is 1. The van der Waals surface area contributed by atoms with Gasteiger partial charge in [-0.1, -0.05) is 51.1 Å². The molecule has 8 heteroatoms. The van der Waals surface area contributed by atoms with Crippen molar-refractivity contribution in [2.24, 2.45) is 0 Å². The zero-order valence-electron chi connectivity index (χ0n) is 16.3. The van der Waals surface area contributed by atoms with Crippen LogP contribution in [0.25, 0.3) is 5.69 Å². The van der Waals surface area contributed by atoms with Gasteiger partial charge in [-0.25, -0.2) is 4.68 Å². The monoisotopic (exact) mass is 412 g/mol. The van der Waals surface area contributed by atoms with Crippen LogP contribution in [0.5, 0.6) is 0 Å². The van der Waals surface area contributed by atoms with E-state index in [9.17, 15) is 14.9 Å². The molecule has 0 saturated heterocycles. The molecule has 1 heterocycles. The van der Waals surface area contributed by atoms with E-state index in [4.69, 9.17) is 11.6 Å². The molecule has 3 rings (SSSR count). The lowest BCUT2D eigenvalue weighted by Gasteiger charge is -2.14. The average molecular weight is 413 g/mol. The van der Waals surface area contributed by atoms with Crippen LogP contribution in [0.2, 0.25) is 0 Å². The molecule has 0 bridgehead atoms. The molecule has 1 amide bonds. The number of non-ortho nitro benzene ring substituents is 1. The Morgan fingerprint density at radius 1 is 1.14 bits per heavy atom. The fourth-order valence-electron chi connectivity index (χ4n) is 2.71. The summed E-state index contributed by atoms with van der Waals surface area (Å²) < 4.78 is 1.55. The van der Waals surface area contributed by atoms with Crippen LogP contribution >= 0.6 is 11.6 Å². The maximum atomic E-state index is 12.7. The lowest BCUT2D eigenvalue weighted by molar-refractivity contribution is -0.384. The van der Waals surface area contributed by atoms with Gasteiger partial charge in [0.25, 0.3) is 5.69 Å². The number of hydrogen-bond donors (Lipinski definition) is 1. The largest absolute Gasteiger partial charge is 0.309 e. The van der Waals surface area contributed by atoms with Crippen LogP contribution < -0.4 is 5.32 Å². The third-order valence-corrected chi connectivity index (χ3v) is 4.81. The molecule has 1 atom stereocenters. The number of carbonyl (C=O) groups excluding carboxylic acids is 1. The number of benzene rings is 2. The van der Waals surface area contributed by atoms with Crippen LogP contribution in [0.1, 0.15) is 37.4 Å². The molecule has 0 radical (unpaired) electrons.